The monoisotopic (exact) mass is 245 g/mol. The predicted molar refractivity (Wildman–Crippen MR) is 64.8 cm³/mol. The fraction of sp³-hybridized carbons (Fsp3) is 0.833. The van der Waals surface area contributed by atoms with Gasteiger partial charge in [-0.15, -0.1) is 0 Å². The summed E-state index contributed by atoms with van der Waals surface area (Å²) in [5.74, 6) is -0.904. The molecule has 0 aliphatic carbocycles. The molecule has 0 aromatic carbocycles. The smallest absolute Gasteiger partial charge is 0.305 e. The first kappa shape index (κ1) is 15.9. The lowest BCUT2D eigenvalue weighted by Gasteiger charge is -2.29. The first-order valence-corrected chi connectivity index (χ1v) is 5.79. The Morgan fingerprint density at radius 3 is 2.24 bits per heavy atom. The summed E-state index contributed by atoms with van der Waals surface area (Å²) >= 11 is 0. The van der Waals surface area contributed by atoms with E-state index >= 15 is 0 Å². The van der Waals surface area contributed by atoms with Gasteiger partial charge in [0.25, 0.3) is 0 Å². The van der Waals surface area contributed by atoms with Crippen molar-refractivity contribution in [3.8, 4) is 0 Å². The molecule has 17 heavy (non-hydrogen) atoms. The van der Waals surface area contributed by atoms with Crippen LogP contribution in [0.2, 0.25) is 0 Å². The topological polar surface area (TPSA) is 66.8 Å². The molecule has 1 N–H and O–H groups in total. The van der Waals surface area contributed by atoms with Crippen molar-refractivity contribution in [2.45, 2.75) is 33.6 Å². The number of rotatable bonds is 7. The number of carbonyl (C=O) groups excluding carboxylic acids is 1. The molecular formula is C12H23NO4. The molecule has 5 nitrogen and oxygen atoms in total. The summed E-state index contributed by atoms with van der Waals surface area (Å²) in [6.45, 7) is 6.87. The zero-order chi connectivity index (χ0) is 13.5. The van der Waals surface area contributed by atoms with Crippen LogP contribution in [0.5, 0.6) is 0 Å². The van der Waals surface area contributed by atoms with Gasteiger partial charge in [-0.05, 0) is 6.42 Å². The largest absolute Gasteiger partial charge is 0.481 e. The minimum absolute atomic E-state index is 0.0187. The first-order valence-electron chi connectivity index (χ1n) is 5.79. The van der Waals surface area contributed by atoms with Crippen LogP contribution in [-0.4, -0.2) is 48.7 Å². The third-order valence-electron chi connectivity index (χ3n) is 2.30. The second-order valence-electron chi connectivity index (χ2n) is 5.03. The molecule has 0 saturated heterocycles. The predicted octanol–water partition coefficient (Wildman–Crippen LogP) is 1.37. The van der Waals surface area contributed by atoms with E-state index in [9.17, 15) is 9.59 Å². The summed E-state index contributed by atoms with van der Waals surface area (Å²) in [5.41, 5.74) is -0.481. The van der Waals surface area contributed by atoms with E-state index in [1.54, 1.807) is 12.0 Å². The van der Waals surface area contributed by atoms with E-state index in [4.69, 9.17) is 9.84 Å². The molecule has 5 heteroatoms. The maximum Gasteiger partial charge on any atom is 0.305 e. The highest BCUT2D eigenvalue weighted by atomic mass is 16.5. The molecule has 0 rings (SSSR count). The molecule has 0 unspecified atom stereocenters. The zero-order valence-corrected chi connectivity index (χ0v) is 11.2. The SMILES string of the molecule is COCCCN(CCC(=O)O)C(=O)C(C)(C)C. The van der Waals surface area contributed by atoms with Gasteiger partial charge in [-0.3, -0.25) is 9.59 Å². The van der Waals surface area contributed by atoms with Gasteiger partial charge in [-0.25, -0.2) is 0 Å². The molecule has 0 heterocycles. The Labute approximate surface area is 103 Å². The van der Waals surface area contributed by atoms with E-state index in [1.807, 2.05) is 20.8 Å². The van der Waals surface area contributed by atoms with Crippen molar-refractivity contribution < 1.29 is 19.4 Å². The molecule has 100 valence electrons. The van der Waals surface area contributed by atoms with Gasteiger partial charge in [0.1, 0.15) is 0 Å². The fourth-order valence-electron chi connectivity index (χ4n) is 1.42. The van der Waals surface area contributed by atoms with E-state index in [2.05, 4.69) is 0 Å². The second kappa shape index (κ2) is 7.27. The molecular weight excluding hydrogens is 222 g/mol. The number of amides is 1. The Kier molecular flexibility index (Phi) is 6.80. The molecule has 0 aromatic rings. The molecule has 0 bridgehead atoms. The van der Waals surface area contributed by atoms with Crippen LogP contribution in [0, 0.1) is 5.41 Å². The van der Waals surface area contributed by atoms with Crippen LogP contribution in [-0.2, 0) is 14.3 Å². The standard InChI is InChI=1S/C12H23NO4/c1-12(2,3)11(16)13(7-5-9-17-4)8-6-10(14)15/h5-9H2,1-4H3,(H,14,15). The van der Waals surface area contributed by atoms with Crippen molar-refractivity contribution in [1.29, 1.82) is 0 Å². The van der Waals surface area contributed by atoms with Crippen LogP contribution in [0.3, 0.4) is 0 Å². The Balaban J connectivity index is 4.38. The molecule has 0 saturated carbocycles. The highest BCUT2D eigenvalue weighted by Gasteiger charge is 2.27. The minimum atomic E-state index is -0.886. The van der Waals surface area contributed by atoms with Gasteiger partial charge in [0.15, 0.2) is 0 Å². The van der Waals surface area contributed by atoms with Crippen molar-refractivity contribution in [2.24, 2.45) is 5.41 Å². The van der Waals surface area contributed by atoms with Gasteiger partial charge < -0.3 is 14.7 Å². The Bertz CT molecular complexity index is 258. The summed E-state index contributed by atoms with van der Waals surface area (Å²) in [4.78, 5) is 24.2. The van der Waals surface area contributed by atoms with Crippen molar-refractivity contribution in [3.63, 3.8) is 0 Å². The molecule has 0 fully saturated rings. The summed E-state index contributed by atoms with van der Waals surface area (Å²) in [6, 6.07) is 0. The quantitative estimate of drug-likeness (QED) is 0.688. The second-order valence-corrected chi connectivity index (χ2v) is 5.03. The summed E-state index contributed by atoms with van der Waals surface area (Å²) < 4.78 is 4.93. The maximum atomic E-state index is 12.1. The molecule has 1 amide bonds. The Morgan fingerprint density at radius 2 is 1.82 bits per heavy atom. The lowest BCUT2D eigenvalue weighted by atomic mass is 9.94. The van der Waals surface area contributed by atoms with Crippen molar-refractivity contribution >= 4 is 11.9 Å². The third kappa shape index (κ3) is 6.94. The van der Waals surface area contributed by atoms with E-state index in [1.165, 1.54) is 0 Å². The van der Waals surface area contributed by atoms with Crippen LogP contribution in [0.1, 0.15) is 33.6 Å². The zero-order valence-electron chi connectivity index (χ0n) is 11.2. The van der Waals surface area contributed by atoms with Gasteiger partial charge in [0.05, 0.1) is 6.42 Å². The van der Waals surface area contributed by atoms with Gasteiger partial charge in [-0.2, -0.15) is 0 Å². The van der Waals surface area contributed by atoms with Crippen LogP contribution in [0.4, 0.5) is 0 Å². The van der Waals surface area contributed by atoms with Crippen molar-refractivity contribution in [2.75, 3.05) is 26.8 Å². The van der Waals surface area contributed by atoms with E-state index in [-0.39, 0.29) is 18.9 Å². The number of aliphatic carboxylic acids is 1. The highest BCUT2D eigenvalue weighted by molar-refractivity contribution is 5.82. The van der Waals surface area contributed by atoms with E-state index < -0.39 is 11.4 Å². The first-order chi connectivity index (χ1) is 7.79. The van der Waals surface area contributed by atoms with Crippen LogP contribution < -0.4 is 0 Å². The summed E-state index contributed by atoms with van der Waals surface area (Å²) in [6.07, 6.45) is 0.701. The summed E-state index contributed by atoms with van der Waals surface area (Å²) in [7, 11) is 1.60. The molecule has 0 atom stereocenters. The minimum Gasteiger partial charge on any atom is -0.481 e. The number of carbonyl (C=O) groups is 2. The average Bonchev–Trinajstić information content (AvgIpc) is 2.20. The van der Waals surface area contributed by atoms with Gasteiger partial charge in [0, 0.05) is 32.2 Å². The Morgan fingerprint density at radius 1 is 1.24 bits per heavy atom. The van der Waals surface area contributed by atoms with Gasteiger partial charge in [-0.1, -0.05) is 20.8 Å². The number of carboxylic acids is 1. The molecule has 0 aromatic heterocycles. The highest BCUT2D eigenvalue weighted by Crippen LogP contribution is 2.17. The molecule has 0 aliphatic rings. The number of hydrogen-bond donors (Lipinski definition) is 1. The van der Waals surface area contributed by atoms with Gasteiger partial charge in [0.2, 0.25) is 5.91 Å². The Hall–Kier alpha value is -1.10. The van der Waals surface area contributed by atoms with Crippen LogP contribution >= 0.6 is 0 Å². The maximum absolute atomic E-state index is 12.1. The number of nitrogens with zero attached hydrogens (tertiary/aromatic N) is 1. The number of carboxylic acid groups (broad SMARTS) is 1. The number of methoxy groups -OCH3 is 1. The molecule has 0 aliphatic heterocycles. The van der Waals surface area contributed by atoms with E-state index in [0.717, 1.165) is 6.42 Å². The summed E-state index contributed by atoms with van der Waals surface area (Å²) in [5, 5.41) is 8.66. The van der Waals surface area contributed by atoms with Crippen molar-refractivity contribution in [1.82, 2.24) is 4.90 Å². The lowest BCUT2D eigenvalue weighted by molar-refractivity contribution is -0.142. The normalized spacial score (nSPS) is 11.3. The average molecular weight is 245 g/mol. The number of hydrogen-bond acceptors (Lipinski definition) is 3. The fourth-order valence-corrected chi connectivity index (χ4v) is 1.42. The van der Waals surface area contributed by atoms with Crippen LogP contribution in [0.15, 0.2) is 0 Å². The van der Waals surface area contributed by atoms with E-state index in [0.29, 0.717) is 13.2 Å². The third-order valence-corrected chi connectivity index (χ3v) is 2.30. The molecule has 0 radical (unpaired) electrons. The molecule has 0 spiro atoms. The number of ether oxygens (including phenoxy) is 1. The van der Waals surface area contributed by atoms with Crippen molar-refractivity contribution in [3.05, 3.63) is 0 Å². The lowest BCUT2D eigenvalue weighted by Crippen LogP contribution is -2.41. The van der Waals surface area contributed by atoms with Gasteiger partial charge >= 0.3 is 5.97 Å². The van der Waals surface area contributed by atoms with Crippen LogP contribution in [0.25, 0.3) is 0 Å².